The van der Waals surface area contributed by atoms with Crippen molar-refractivity contribution in [3.8, 4) is 0 Å². The number of rotatable bonds is 3. The highest BCUT2D eigenvalue weighted by Crippen LogP contribution is 2.21. The van der Waals surface area contributed by atoms with Crippen LogP contribution in [0.4, 0.5) is 17.6 Å². The summed E-state index contributed by atoms with van der Waals surface area (Å²) in [4.78, 5) is 14.8. The van der Waals surface area contributed by atoms with Crippen LogP contribution in [0.2, 0.25) is 5.15 Å². The number of hydrogen-bond donors (Lipinski definition) is 2. The van der Waals surface area contributed by atoms with Crippen molar-refractivity contribution >= 4 is 29.2 Å². The molecule has 0 radical (unpaired) electrons. The molecule has 1 saturated heterocycles. The van der Waals surface area contributed by atoms with Gasteiger partial charge in [0, 0.05) is 31.4 Å². The van der Waals surface area contributed by atoms with Gasteiger partial charge < -0.3 is 16.0 Å². The Morgan fingerprint density at radius 3 is 2.68 bits per heavy atom. The van der Waals surface area contributed by atoms with Gasteiger partial charge in [-0.25, -0.2) is 9.97 Å². The second kappa shape index (κ2) is 6.36. The zero-order valence-corrected chi connectivity index (χ0v) is 13.2. The van der Waals surface area contributed by atoms with Crippen molar-refractivity contribution in [2.45, 2.75) is 25.8 Å². The van der Waals surface area contributed by atoms with Crippen LogP contribution in [0, 0.1) is 6.92 Å². The molecule has 1 aliphatic heterocycles. The summed E-state index contributed by atoms with van der Waals surface area (Å²) in [5.74, 6) is 1.92. The number of pyridine rings is 1. The van der Waals surface area contributed by atoms with Crippen molar-refractivity contribution in [3.05, 3.63) is 35.1 Å². The molecule has 0 bridgehead atoms. The highest BCUT2D eigenvalue weighted by atomic mass is 35.5. The molecule has 116 valence electrons. The third kappa shape index (κ3) is 3.57. The van der Waals surface area contributed by atoms with Crippen molar-refractivity contribution in [3.63, 3.8) is 0 Å². The molecule has 0 saturated carbocycles. The van der Waals surface area contributed by atoms with E-state index in [1.807, 2.05) is 13.1 Å². The molecule has 0 amide bonds. The first-order chi connectivity index (χ1) is 10.6. The van der Waals surface area contributed by atoms with Gasteiger partial charge in [0.15, 0.2) is 0 Å². The molecule has 3 heterocycles. The van der Waals surface area contributed by atoms with Crippen molar-refractivity contribution < 1.29 is 0 Å². The predicted molar refractivity (Wildman–Crippen MR) is 89.3 cm³/mol. The van der Waals surface area contributed by atoms with Crippen LogP contribution in [0.1, 0.15) is 18.4 Å². The van der Waals surface area contributed by atoms with E-state index in [2.05, 4.69) is 37.3 Å². The second-order valence-electron chi connectivity index (χ2n) is 5.53. The van der Waals surface area contributed by atoms with Crippen LogP contribution in [0.15, 0.2) is 24.4 Å². The molecule has 2 aromatic heterocycles. The molecule has 2 aromatic rings. The van der Waals surface area contributed by atoms with Gasteiger partial charge in [-0.3, -0.25) is 0 Å². The van der Waals surface area contributed by atoms with Gasteiger partial charge in [0.05, 0.1) is 0 Å². The standard InChI is InChI=1S/C15H19ClN6/c1-10-2-3-14(18-9-10)22-6-4-11(5-7-22)19-13-8-12(16)20-15(17)21-13/h2-3,8-9,11H,4-7H2,1H3,(H3,17,19,20,21). The van der Waals surface area contributed by atoms with E-state index >= 15 is 0 Å². The highest BCUT2D eigenvalue weighted by molar-refractivity contribution is 6.29. The number of aryl methyl sites for hydroxylation is 1. The summed E-state index contributed by atoms with van der Waals surface area (Å²) in [6.45, 7) is 3.97. The van der Waals surface area contributed by atoms with Crippen LogP contribution in [0.3, 0.4) is 0 Å². The number of hydrogen-bond acceptors (Lipinski definition) is 6. The lowest BCUT2D eigenvalue weighted by Gasteiger charge is -2.33. The van der Waals surface area contributed by atoms with Gasteiger partial charge in [-0.05, 0) is 31.4 Å². The highest BCUT2D eigenvalue weighted by Gasteiger charge is 2.20. The summed E-state index contributed by atoms with van der Waals surface area (Å²) >= 11 is 5.90. The molecule has 1 fully saturated rings. The first kappa shape index (κ1) is 14.8. The molecule has 1 aliphatic rings. The zero-order chi connectivity index (χ0) is 15.5. The minimum absolute atomic E-state index is 0.191. The van der Waals surface area contributed by atoms with Crippen LogP contribution in [0.5, 0.6) is 0 Å². The molecule has 0 unspecified atom stereocenters. The van der Waals surface area contributed by atoms with E-state index < -0.39 is 0 Å². The molecule has 0 aliphatic carbocycles. The molecule has 3 N–H and O–H groups in total. The number of nitrogens with one attached hydrogen (secondary N) is 1. The number of halogens is 1. The number of piperidine rings is 1. The van der Waals surface area contributed by atoms with E-state index in [-0.39, 0.29) is 5.95 Å². The molecular formula is C15H19ClN6. The monoisotopic (exact) mass is 318 g/mol. The Hall–Kier alpha value is -2.08. The Labute approximate surface area is 134 Å². The Balaban J connectivity index is 1.58. The van der Waals surface area contributed by atoms with Crippen molar-refractivity contribution in [1.82, 2.24) is 15.0 Å². The normalized spacial score (nSPS) is 15.8. The fourth-order valence-corrected chi connectivity index (χ4v) is 2.81. The van der Waals surface area contributed by atoms with Crippen LogP contribution in [-0.4, -0.2) is 34.1 Å². The van der Waals surface area contributed by atoms with E-state index in [4.69, 9.17) is 17.3 Å². The fourth-order valence-electron chi connectivity index (χ4n) is 2.62. The van der Waals surface area contributed by atoms with E-state index in [9.17, 15) is 0 Å². The largest absolute Gasteiger partial charge is 0.368 e. The topological polar surface area (TPSA) is 80.0 Å². The summed E-state index contributed by atoms with van der Waals surface area (Å²) in [6, 6.07) is 6.23. The Morgan fingerprint density at radius 1 is 1.27 bits per heavy atom. The van der Waals surface area contributed by atoms with E-state index in [1.54, 1.807) is 6.07 Å². The smallest absolute Gasteiger partial charge is 0.223 e. The Kier molecular flexibility index (Phi) is 4.29. The molecule has 7 heteroatoms. The minimum Gasteiger partial charge on any atom is -0.368 e. The number of anilines is 3. The lowest BCUT2D eigenvalue weighted by molar-refractivity contribution is 0.522. The third-order valence-corrected chi connectivity index (χ3v) is 3.97. The summed E-state index contributed by atoms with van der Waals surface area (Å²) in [5.41, 5.74) is 6.79. The van der Waals surface area contributed by atoms with Gasteiger partial charge in [0.2, 0.25) is 5.95 Å². The molecule has 0 atom stereocenters. The summed E-state index contributed by atoms with van der Waals surface area (Å²) < 4.78 is 0. The summed E-state index contributed by atoms with van der Waals surface area (Å²) in [6.07, 6.45) is 3.93. The SMILES string of the molecule is Cc1ccc(N2CCC(Nc3cc(Cl)nc(N)n3)CC2)nc1. The van der Waals surface area contributed by atoms with Crippen LogP contribution in [-0.2, 0) is 0 Å². The first-order valence-corrected chi connectivity index (χ1v) is 7.72. The maximum Gasteiger partial charge on any atom is 0.223 e. The molecule has 6 nitrogen and oxygen atoms in total. The maximum atomic E-state index is 5.90. The van der Waals surface area contributed by atoms with Gasteiger partial charge >= 0.3 is 0 Å². The minimum atomic E-state index is 0.191. The number of nitrogens with zero attached hydrogens (tertiary/aromatic N) is 4. The summed E-state index contributed by atoms with van der Waals surface area (Å²) in [5, 5.41) is 3.74. The Morgan fingerprint density at radius 2 is 2.05 bits per heavy atom. The molecular weight excluding hydrogens is 300 g/mol. The number of nitrogen functional groups attached to an aromatic ring is 1. The van der Waals surface area contributed by atoms with Crippen LogP contribution >= 0.6 is 11.6 Å². The predicted octanol–water partition coefficient (Wildman–Crippen LogP) is 2.50. The molecule has 0 aromatic carbocycles. The van der Waals surface area contributed by atoms with Gasteiger partial charge in [0.25, 0.3) is 0 Å². The summed E-state index contributed by atoms with van der Waals surface area (Å²) in [7, 11) is 0. The van der Waals surface area contributed by atoms with Gasteiger partial charge in [-0.15, -0.1) is 0 Å². The zero-order valence-electron chi connectivity index (χ0n) is 12.5. The van der Waals surface area contributed by atoms with Gasteiger partial charge in [-0.1, -0.05) is 17.7 Å². The van der Waals surface area contributed by atoms with Crippen LogP contribution in [0.25, 0.3) is 0 Å². The van der Waals surface area contributed by atoms with Crippen molar-refractivity contribution in [2.24, 2.45) is 0 Å². The Bertz CT molecular complexity index is 617. The molecule has 22 heavy (non-hydrogen) atoms. The van der Waals surface area contributed by atoms with Crippen molar-refractivity contribution in [2.75, 3.05) is 29.0 Å². The van der Waals surface area contributed by atoms with Crippen LogP contribution < -0.4 is 16.0 Å². The van der Waals surface area contributed by atoms with Gasteiger partial charge in [0.1, 0.15) is 16.8 Å². The molecule has 0 spiro atoms. The molecule has 3 rings (SSSR count). The number of aromatic nitrogens is 3. The lowest BCUT2D eigenvalue weighted by Crippen LogP contribution is -2.39. The second-order valence-corrected chi connectivity index (χ2v) is 5.92. The fraction of sp³-hybridized carbons (Fsp3) is 0.400. The average Bonchev–Trinajstić information content (AvgIpc) is 2.48. The number of nitrogens with two attached hydrogens (primary N) is 1. The quantitative estimate of drug-likeness (QED) is 0.846. The lowest BCUT2D eigenvalue weighted by atomic mass is 10.0. The van der Waals surface area contributed by atoms with E-state index in [0.29, 0.717) is 17.0 Å². The maximum absolute atomic E-state index is 5.90. The van der Waals surface area contributed by atoms with E-state index in [0.717, 1.165) is 31.7 Å². The third-order valence-electron chi connectivity index (χ3n) is 3.78. The van der Waals surface area contributed by atoms with Gasteiger partial charge in [-0.2, -0.15) is 4.98 Å². The van der Waals surface area contributed by atoms with E-state index in [1.165, 1.54) is 5.56 Å². The van der Waals surface area contributed by atoms with Crippen molar-refractivity contribution in [1.29, 1.82) is 0 Å². The average molecular weight is 319 g/mol. The first-order valence-electron chi connectivity index (χ1n) is 7.34.